The van der Waals surface area contributed by atoms with Crippen molar-refractivity contribution in [3.63, 3.8) is 0 Å². The molecule has 4 rings (SSSR count). The van der Waals surface area contributed by atoms with Gasteiger partial charge in [-0.3, -0.25) is 9.59 Å². The van der Waals surface area contributed by atoms with Gasteiger partial charge in [0.1, 0.15) is 0 Å². The van der Waals surface area contributed by atoms with E-state index in [1.807, 2.05) is 19.1 Å². The quantitative estimate of drug-likeness (QED) is 0.588. The summed E-state index contributed by atoms with van der Waals surface area (Å²) in [6.45, 7) is 1.86. The van der Waals surface area contributed by atoms with E-state index in [-0.39, 0.29) is 17.9 Å². The molecule has 3 aliphatic rings. The fourth-order valence-electron chi connectivity index (χ4n) is 3.52. The standard InChI is InChI=1S/C15H12ClNO3/c1-15-6-5-10(20-15)11-12(15)14(19)17(13(11)18)9-4-2-3-8(16)7-9/h2-7,10-12H,1H3/t10-,11+,12-,15+/m1/s1. The van der Waals surface area contributed by atoms with E-state index in [0.717, 1.165) is 0 Å². The molecule has 2 fully saturated rings. The van der Waals surface area contributed by atoms with Crippen molar-refractivity contribution in [1.29, 1.82) is 0 Å². The van der Waals surface area contributed by atoms with Crippen LogP contribution in [0.3, 0.4) is 0 Å². The van der Waals surface area contributed by atoms with Crippen LogP contribution >= 0.6 is 11.6 Å². The maximum absolute atomic E-state index is 12.7. The second-order valence-corrected chi connectivity index (χ2v) is 6.06. The molecule has 5 heteroatoms. The van der Waals surface area contributed by atoms with Gasteiger partial charge in [0.15, 0.2) is 0 Å². The van der Waals surface area contributed by atoms with Crippen molar-refractivity contribution in [3.8, 4) is 0 Å². The molecule has 102 valence electrons. The highest BCUT2D eigenvalue weighted by Gasteiger charge is 2.65. The maximum atomic E-state index is 12.7. The third-order valence-electron chi connectivity index (χ3n) is 4.40. The minimum Gasteiger partial charge on any atom is -0.362 e. The number of carbonyl (C=O) groups excluding carboxylic acids is 2. The van der Waals surface area contributed by atoms with Crippen LogP contribution in [0.15, 0.2) is 36.4 Å². The first-order valence-corrected chi connectivity index (χ1v) is 6.90. The summed E-state index contributed by atoms with van der Waals surface area (Å²) in [5.41, 5.74) is -0.125. The van der Waals surface area contributed by atoms with Gasteiger partial charge < -0.3 is 4.74 Å². The number of hydrogen-bond donors (Lipinski definition) is 0. The van der Waals surface area contributed by atoms with Gasteiger partial charge in [-0.2, -0.15) is 0 Å². The Kier molecular flexibility index (Phi) is 2.25. The SMILES string of the molecule is C[C@@]12C=C[C@@H](O1)[C@@H]1C(=O)N(c3cccc(Cl)c3)C(=O)[C@@H]12. The lowest BCUT2D eigenvalue weighted by Gasteiger charge is -2.24. The van der Waals surface area contributed by atoms with Crippen molar-refractivity contribution in [2.24, 2.45) is 11.8 Å². The Hall–Kier alpha value is -1.65. The Bertz CT molecular complexity index is 671. The lowest BCUT2D eigenvalue weighted by atomic mass is 9.78. The number of halogens is 1. The van der Waals surface area contributed by atoms with Crippen molar-refractivity contribution in [2.45, 2.75) is 18.6 Å². The number of carbonyl (C=O) groups is 2. The van der Waals surface area contributed by atoms with Gasteiger partial charge in [0, 0.05) is 5.02 Å². The lowest BCUT2D eigenvalue weighted by molar-refractivity contribution is -0.126. The Morgan fingerprint density at radius 3 is 2.80 bits per heavy atom. The molecule has 0 N–H and O–H groups in total. The van der Waals surface area contributed by atoms with Crippen LogP contribution in [0.1, 0.15) is 6.92 Å². The third-order valence-corrected chi connectivity index (χ3v) is 4.63. The van der Waals surface area contributed by atoms with Gasteiger partial charge >= 0.3 is 0 Å². The molecular formula is C15H12ClNO3. The zero-order valence-electron chi connectivity index (χ0n) is 10.7. The largest absolute Gasteiger partial charge is 0.362 e. The molecule has 2 bridgehead atoms. The number of fused-ring (bicyclic) bond motifs is 5. The molecule has 20 heavy (non-hydrogen) atoms. The number of ether oxygens (including phenoxy) is 1. The van der Waals surface area contributed by atoms with Gasteiger partial charge in [0.2, 0.25) is 11.8 Å². The molecular weight excluding hydrogens is 278 g/mol. The Morgan fingerprint density at radius 2 is 2.10 bits per heavy atom. The van der Waals surface area contributed by atoms with Crippen molar-refractivity contribution >= 4 is 29.1 Å². The number of rotatable bonds is 1. The number of imide groups is 1. The van der Waals surface area contributed by atoms with Crippen LogP contribution in [0.5, 0.6) is 0 Å². The van der Waals surface area contributed by atoms with Crippen LogP contribution in [0.2, 0.25) is 5.02 Å². The highest BCUT2D eigenvalue weighted by Crippen LogP contribution is 2.52. The average Bonchev–Trinajstić information content (AvgIpc) is 2.99. The van der Waals surface area contributed by atoms with Crippen molar-refractivity contribution in [3.05, 3.63) is 41.4 Å². The molecule has 0 unspecified atom stereocenters. The molecule has 1 aromatic carbocycles. The molecule has 0 aliphatic carbocycles. The molecule has 2 amide bonds. The monoisotopic (exact) mass is 289 g/mol. The summed E-state index contributed by atoms with van der Waals surface area (Å²) in [4.78, 5) is 26.5. The van der Waals surface area contributed by atoms with Crippen LogP contribution in [-0.4, -0.2) is 23.5 Å². The first-order valence-electron chi connectivity index (χ1n) is 6.52. The summed E-state index contributed by atoms with van der Waals surface area (Å²) in [5, 5.41) is 0.503. The van der Waals surface area contributed by atoms with E-state index in [1.54, 1.807) is 24.3 Å². The summed E-state index contributed by atoms with van der Waals surface area (Å²) in [6, 6.07) is 6.81. The van der Waals surface area contributed by atoms with Crippen LogP contribution in [0.4, 0.5) is 5.69 Å². The van der Waals surface area contributed by atoms with E-state index in [0.29, 0.717) is 10.7 Å². The molecule has 1 aromatic rings. The second kappa shape index (κ2) is 3.71. The molecule has 4 nitrogen and oxygen atoms in total. The second-order valence-electron chi connectivity index (χ2n) is 5.62. The lowest BCUT2D eigenvalue weighted by Crippen LogP contribution is -2.38. The van der Waals surface area contributed by atoms with Crippen LogP contribution < -0.4 is 4.90 Å². The zero-order chi connectivity index (χ0) is 14.1. The van der Waals surface area contributed by atoms with Gasteiger partial charge in [0.25, 0.3) is 0 Å². The number of benzene rings is 1. The van der Waals surface area contributed by atoms with E-state index < -0.39 is 17.4 Å². The van der Waals surface area contributed by atoms with Crippen LogP contribution in [0.25, 0.3) is 0 Å². The highest BCUT2D eigenvalue weighted by molar-refractivity contribution is 6.31. The van der Waals surface area contributed by atoms with E-state index in [9.17, 15) is 9.59 Å². The van der Waals surface area contributed by atoms with E-state index in [1.165, 1.54) is 4.90 Å². The van der Waals surface area contributed by atoms with Gasteiger partial charge in [0.05, 0.1) is 29.2 Å². The zero-order valence-corrected chi connectivity index (χ0v) is 11.5. The number of hydrogen-bond acceptors (Lipinski definition) is 3. The Balaban J connectivity index is 1.79. The van der Waals surface area contributed by atoms with Gasteiger partial charge in [-0.05, 0) is 25.1 Å². The highest BCUT2D eigenvalue weighted by atomic mass is 35.5. The van der Waals surface area contributed by atoms with Crippen molar-refractivity contribution in [1.82, 2.24) is 0 Å². The normalized spacial score (nSPS) is 37.9. The maximum Gasteiger partial charge on any atom is 0.241 e. The fourth-order valence-corrected chi connectivity index (χ4v) is 3.71. The minimum absolute atomic E-state index is 0.194. The number of amides is 2. The fraction of sp³-hybridized carbons (Fsp3) is 0.333. The van der Waals surface area contributed by atoms with Gasteiger partial charge in [-0.25, -0.2) is 4.90 Å². The van der Waals surface area contributed by atoms with Gasteiger partial charge in [-0.1, -0.05) is 29.8 Å². The predicted octanol–water partition coefficient (Wildman–Crippen LogP) is 2.17. The molecule has 3 aliphatic heterocycles. The Morgan fingerprint density at radius 1 is 1.30 bits per heavy atom. The third kappa shape index (κ3) is 1.35. The molecule has 4 atom stereocenters. The number of nitrogens with zero attached hydrogens (tertiary/aromatic N) is 1. The van der Waals surface area contributed by atoms with Crippen LogP contribution in [-0.2, 0) is 14.3 Å². The molecule has 2 saturated heterocycles. The molecule has 3 heterocycles. The first-order chi connectivity index (χ1) is 9.51. The van der Waals surface area contributed by atoms with E-state index in [2.05, 4.69) is 0 Å². The smallest absolute Gasteiger partial charge is 0.241 e. The molecule has 0 saturated carbocycles. The summed E-state index contributed by atoms with van der Waals surface area (Å²) in [7, 11) is 0. The van der Waals surface area contributed by atoms with Gasteiger partial charge in [-0.15, -0.1) is 0 Å². The molecule has 0 aromatic heterocycles. The summed E-state index contributed by atoms with van der Waals surface area (Å²) in [5.74, 6) is -1.22. The predicted molar refractivity (Wildman–Crippen MR) is 73.3 cm³/mol. The topological polar surface area (TPSA) is 46.6 Å². The summed E-state index contributed by atoms with van der Waals surface area (Å²) in [6.07, 6.45) is 3.49. The first kappa shape index (κ1) is 12.1. The molecule has 0 spiro atoms. The average molecular weight is 290 g/mol. The summed E-state index contributed by atoms with van der Waals surface area (Å²) >= 11 is 5.95. The van der Waals surface area contributed by atoms with E-state index in [4.69, 9.17) is 16.3 Å². The van der Waals surface area contributed by atoms with Crippen molar-refractivity contribution < 1.29 is 14.3 Å². The minimum atomic E-state index is -0.657. The number of anilines is 1. The summed E-state index contributed by atoms with van der Waals surface area (Å²) < 4.78 is 5.77. The van der Waals surface area contributed by atoms with Crippen LogP contribution in [0, 0.1) is 11.8 Å². The Labute approximate surface area is 121 Å². The van der Waals surface area contributed by atoms with Crippen molar-refractivity contribution in [2.75, 3.05) is 4.90 Å². The van der Waals surface area contributed by atoms with E-state index >= 15 is 0 Å². The molecule has 0 radical (unpaired) electrons.